The number of phosphoric acid groups is 2. The SMILES string of the molecule is CCCCCCCCCCCCCCCCCCCCCCC(=O)O[C@H](COC(=O)CCCCCCCCCCCCCC(C)C)COP(=O)(O)OC[C@@H](O)COP(=O)(O)OC[C@@H](COC(=O)CCCCCCCCCCCCC)OC(=O)CCCCCCCCCCCCCC. The number of hydrogen-bond acceptors (Lipinski definition) is 15. The average molecular weight is 1420 g/mol. The van der Waals surface area contributed by atoms with E-state index in [4.69, 9.17) is 37.0 Å². The zero-order chi connectivity index (χ0) is 71.2. The maximum atomic E-state index is 13.1. The van der Waals surface area contributed by atoms with E-state index >= 15 is 0 Å². The summed E-state index contributed by atoms with van der Waals surface area (Å²) >= 11 is 0. The molecule has 0 aliphatic rings. The van der Waals surface area contributed by atoms with E-state index in [2.05, 4.69) is 34.6 Å². The first-order chi connectivity index (χ1) is 47.0. The quantitative estimate of drug-likeness (QED) is 0.0222. The normalized spacial score (nSPS) is 13.9. The highest BCUT2D eigenvalue weighted by molar-refractivity contribution is 7.47. The standard InChI is InChI=1S/C78H152O17P2/c1-6-9-12-15-18-21-24-26-27-28-29-30-31-32-33-38-44-49-54-59-64-78(83)95-74(68-89-76(81)62-57-52-47-42-39-34-36-40-45-50-55-60-71(4)5)70-93-97(86,87)91-66-72(79)65-90-96(84,85)92-69-73(67-88-75(80)61-56-51-46-41-35-23-20-17-14-11-8-3)94-77(82)63-58-53-48-43-37-25-22-19-16-13-10-7-2/h71-74,79H,6-70H2,1-5H3,(H,84,85)(H,86,87)/t72-,73+,74+/m0/s1. The Morgan fingerprint density at radius 2 is 0.474 bits per heavy atom. The van der Waals surface area contributed by atoms with E-state index in [9.17, 15) is 43.2 Å². The molecule has 3 N–H and O–H groups in total. The number of rotatable bonds is 78. The molecule has 0 aromatic rings. The summed E-state index contributed by atoms with van der Waals surface area (Å²) in [5.74, 6) is -1.34. The van der Waals surface area contributed by atoms with E-state index in [0.717, 1.165) is 95.8 Å². The molecule has 0 aliphatic carbocycles. The maximum Gasteiger partial charge on any atom is 0.472 e. The molecular weight excluding hydrogens is 1270 g/mol. The van der Waals surface area contributed by atoms with Gasteiger partial charge in [0.25, 0.3) is 0 Å². The number of aliphatic hydroxyl groups is 1. The summed E-state index contributed by atoms with van der Waals surface area (Å²) in [7, 11) is -9.91. The fourth-order valence-electron chi connectivity index (χ4n) is 12.1. The van der Waals surface area contributed by atoms with Gasteiger partial charge in [-0.05, 0) is 31.6 Å². The van der Waals surface area contributed by atoms with Gasteiger partial charge in [0.15, 0.2) is 12.2 Å². The molecule has 0 saturated heterocycles. The van der Waals surface area contributed by atoms with Gasteiger partial charge in [0.2, 0.25) is 0 Å². The Balaban J connectivity index is 5.22. The van der Waals surface area contributed by atoms with E-state index in [1.165, 1.54) is 238 Å². The van der Waals surface area contributed by atoms with Crippen molar-refractivity contribution in [3.05, 3.63) is 0 Å². The van der Waals surface area contributed by atoms with Crippen molar-refractivity contribution in [1.29, 1.82) is 0 Å². The Morgan fingerprint density at radius 1 is 0.278 bits per heavy atom. The second-order valence-corrected chi connectivity index (χ2v) is 31.5. The Labute approximate surface area is 594 Å². The van der Waals surface area contributed by atoms with Gasteiger partial charge in [0.05, 0.1) is 26.4 Å². The van der Waals surface area contributed by atoms with E-state index in [0.29, 0.717) is 25.7 Å². The average Bonchev–Trinajstić information content (AvgIpc) is 2.38. The van der Waals surface area contributed by atoms with Crippen LogP contribution < -0.4 is 0 Å². The number of carbonyl (C=O) groups is 4. The molecule has 0 bridgehead atoms. The molecule has 0 amide bonds. The summed E-state index contributed by atoms with van der Waals surface area (Å²) in [6, 6.07) is 0. The van der Waals surface area contributed by atoms with Crippen molar-refractivity contribution in [3.8, 4) is 0 Å². The molecular formula is C78H152O17P2. The minimum Gasteiger partial charge on any atom is -0.462 e. The van der Waals surface area contributed by atoms with Gasteiger partial charge in [0.1, 0.15) is 19.3 Å². The zero-order valence-corrected chi connectivity index (χ0v) is 65.0. The smallest absolute Gasteiger partial charge is 0.462 e. The second-order valence-electron chi connectivity index (χ2n) is 28.6. The fraction of sp³-hybridized carbons (Fsp3) is 0.949. The third-order valence-corrected chi connectivity index (χ3v) is 20.2. The van der Waals surface area contributed by atoms with Crippen LogP contribution in [-0.4, -0.2) is 96.7 Å². The molecule has 5 atom stereocenters. The van der Waals surface area contributed by atoms with Crippen LogP contribution in [0.3, 0.4) is 0 Å². The van der Waals surface area contributed by atoms with Gasteiger partial charge >= 0.3 is 39.5 Å². The van der Waals surface area contributed by atoms with Crippen molar-refractivity contribution in [2.24, 2.45) is 5.92 Å². The number of unbranched alkanes of at least 4 members (excludes halogenated alkanes) is 50. The molecule has 0 aromatic carbocycles. The second kappa shape index (κ2) is 71.1. The molecule has 19 heteroatoms. The number of carbonyl (C=O) groups excluding carboxylic acids is 4. The molecule has 0 aliphatic heterocycles. The van der Waals surface area contributed by atoms with Crippen molar-refractivity contribution >= 4 is 39.5 Å². The topological polar surface area (TPSA) is 237 Å². The molecule has 0 radical (unpaired) electrons. The number of esters is 4. The van der Waals surface area contributed by atoms with Crippen LogP contribution in [0.15, 0.2) is 0 Å². The number of hydrogen-bond donors (Lipinski definition) is 3. The van der Waals surface area contributed by atoms with Gasteiger partial charge in [-0.2, -0.15) is 0 Å². The number of phosphoric ester groups is 2. The van der Waals surface area contributed by atoms with Crippen LogP contribution >= 0.6 is 15.6 Å². The predicted octanol–water partition coefficient (Wildman–Crippen LogP) is 23.3. The number of aliphatic hydroxyl groups excluding tert-OH is 1. The van der Waals surface area contributed by atoms with Crippen molar-refractivity contribution in [1.82, 2.24) is 0 Å². The lowest BCUT2D eigenvalue weighted by molar-refractivity contribution is -0.161. The Hall–Kier alpha value is -1.94. The minimum absolute atomic E-state index is 0.108. The molecule has 0 rings (SSSR count). The van der Waals surface area contributed by atoms with E-state index in [1.54, 1.807) is 0 Å². The summed E-state index contributed by atoms with van der Waals surface area (Å²) in [6.07, 6.45) is 61.0. The lowest BCUT2D eigenvalue weighted by atomic mass is 10.0. The fourth-order valence-corrected chi connectivity index (χ4v) is 13.6. The highest BCUT2D eigenvalue weighted by Gasteiger charge is 2.30. The Kier molecular flexibility index (Phi) is 69.6. The largest absolute Gasteiger partial charge is 0.472 e. The van der Waals surface area contributed by atoms with Crippen LogP contribution in [-0.2, 0) is 65.4 Å². The van der Waals surface area contributed by atoms with Crippen molar-refractivity contribution in [2.75, 3.05) is 39.6 Å². The van der Waals surface area contributed by atoms with Gasteiger partial charge in [0, 0.05) is 25.7 Å². The highest BCUT2D eigenvalue weighted by Crippen LogP contribution is 2.45. The van der Waals surface area contributed by atoms with Crippen molar-refractivity contribution < 1.29 is 80.2 Å². The highest BCUT2D eigenvalue weighted by atomic mass is 31.2. The lowest BCUT2D eigenvalue weighted by Crippen LogP contribution is -2.30. The minimum atomic E-state index is -4.96. The van der Waals surface area contributed by atoms with Gasteiger partial charge in [-0.25, -0.2) is 9.13 Å². The first-order valence-electron chi connectivity index (χ1n) is 40.6. The molecule has 0 heterocycles. The molecule has 576 valence electrons. The summed E-state index contributed by atoms with van der Waals surface area (Å²) < 4.78 is 68.6. The Bertz CT molecular complexity index is 1860. The van der Waals surface area contributed by atoms with Gasteiger partial charge < -0.3 is 33.8 Å². The number of ether oxygens (including phenoxy) is 4. The third-order valence-electron chi connectivity index (χ3n) is 18.3. The third kappa shape index (κ3) is 72.2. The van der Waals surface area contributed by atoms with Crippen LogP contribution in [0.5, 0.6) is 0 Å². The summed E-state index contributed by atoms with van der Waals surface area (Å²) in [5.41, 5.74) is 0. The monoisotopic (exact) mass is 1420 g/mol. The van der Waals surface area contributed by atoms with Crippen molar-refractivity contribution in [3.63, 3.8) is 0 Å². The predicted molar refractivity (Wildman–Crippen MR) is 395 cm³/mol. The van der Waals surface area contributed by atoms with Crippen LogP contribution in [0.2, 0.25) is 0 Å². The summed E-state index contributed by atoms with van der Waals surface area (Å²) in [4.78, 5) is 72.9. The first kappa shape index (κ1) is 95.1. The molecule has 2 unspecified atom stereocenters. The van der Waals surface area contributed by atoms with Crippen LogP contribution in [0, 0.1) is 5.92 Å². The van der Waals surface area contributed by atoms with E-state index < -0.39 is 97.5 Å². The van der Waals surface area contributed by atoms with Crippen molar-refractivity contribution in [2.45, 2.75) is 432 Å². The lowest BCUT2D eigenvalue weighted by Gasteiger charge is -2.21. The molecule has 0 fully saturated rings. The van der Waals surface area contributed by atoms with Gasteiger partial charge in [-0.1, -0.05) is 362 Å². The van der Waals surface area contributed by atoms with Crippen LogP contribution in [0.4, 0.5) is 0 Å². The van der Waals surface area contributed by atoms with E-state index in [1.807, 2.05) is 0 Å². The zero-order valence-electron chi connectivity index (χ0n) is 63.2. The molecule has 0 saturated carbocycles. The van der Waals surface area contributed by atoms with Gasteiger partial charge in [-0.15, -0.1) is 0 Å². The molecule has 0 aromatic heterocycles. The summed E-state index contributed by atoms with van der Waals surface area (Å²) in [5, 5.41) is 10.6. The van der Waals surface area contributed by atoms with E-state index in [-0.39, 0.29) is 25.7 Å². The molecule has 0 spiro atoms. The van der Waals surface area contributed by atoms with Crippen LogP contribution in [0.25, 0.3) is 0 Å². The summed E-state index contributed by atoms with van der Waals surface area (Å²) in [6.45, 7) is 7.31. The Morgan fingerprint density at radius 3 is 0.701 bits per heavy atom. The van der Waals surface area contributed by atoms with Crippen LogP contribution in [0.1, 0.15) is 413 Å². The maximum absolute atomic E-state index is 13.1. The first-order valence-corrected chi connectivity index (χ1v) is 43.6. The molecule has 17 nitrogen and oxygen atoms in total. The van der Waals surface area contributed by atoms with Gasteiger partial charge in [-0.3, -0.25) is 37.3 Å². The molecule has 97 heavy (non-hydrogen) atoms.